The molecule has 0 aromatic rings. The Hall–Kier alpha value is -0.570. The molecule has 1 rings (SSSR count). The van der Waals surface area contributed by atoms with Crippen molar-refractivity contribution < 1.29 is 9.90 Å². The predicted octanol–water partition coefficient (Wildman–Crippen LogP) is 0.659. The van der Waals surface area contributed by atoms with E-state index in [-0.39, 0.29) is 5.92 Å². The zero-order chi connectivity index (χ0) is 8.43. The fourth-order valence-electron chi connectivity index (χ4n) is 1.39. The summed E-state index contributed by atoms with van der Waals surface area (Å²) in [5, 5.41) is 8.56. The van der Waals surface area contributed by atoms with Gasteiger partial charge in [-0.3, -0.25) is 4.79 Å². The Bertz CT molecular complexity index is 150. The molecule has 1 heterocycles. The molecule has 0 unspecified atom stereocenters. The number of likely N-dealkylation sites (tertiary alicyclic amines) is 1. The molecule has 0 spiro atoms. The number of carboxylic acids is 1. The van der Waals surface area contributed by atoms with Crippen LogP contribution in [0.15, 0.2) is 0 Å². The molecule has 3 nitrogen and oxygen atoms in total. The highest BCUT2D eigenvalue weighted by molar-refractivity contribution is 5.71. The molecule has 1 N–H and O–H groups in total. The lowest BCUT2D eigenvalue weighted by molar-refractivity contribution is -0.147. The molecular formula is C8H15NO2. The molecule has 3 heteroatoms. The molecule has 1 aliphatic rings. The summed E-state index contributed by atoms with van der Waals surface area (Å²) in [5.74, 6) is -0.108. The molecule has 0 bridgehead atoms. The average molecular weight is 157 g/mol. The maximum Gasteiger partial charge on any atom is 0.309 e. The second-order valence-corrected chi connectivity index (χ2v) is 3.65. The smallest absolute Gasteiger partial charge is 0.309 e. The Morgan fingerprint density at radius 1 is 1.64 bits per heavy atom. The maximum atomic E-state index is 10.4. The van der Waals surface area contributed by atoms with E-state index < -0.39 is 5.97 Å². The van der Waals surface area contributed by atoms with Gasteiger partial charge in [0.1, 0.15) is 0 Å². The quantitative estimate of drug-likeness (QED) is 0.654. The van der Waals surface area contributed by atoms with E-state index in [0.29, 0.717) is 5.92 Å². The minimum absolute atomic E-state index is 0.103. The van der Waals surface area contributed by atoms with E-state index in [4.69, 9.17) is 5.11 Å². The highest BCUT2D eigenvalue weighted by atomic mass is 16.4. The van der Waals surface area contributed by atoms with Crippen LogP contribution in [0.1, 0.15) is 13.8 Å². The van der Waals surface area contributed by atoms with Gasteiger partial charge in [-0.2, -0.15) is 0 Å². The largest absolute Gasteiger partial charge is 0.481 e. The van der Waals surface area contributed by atoms with Gasteiger partial charge in [-0.05, 0) is 5.92 Å². The molecule has 1 aliphatic heterocycles. The van der Waals surface area contributed by atoms with Gasteiger partial charge in [0.15, 0.2) is 0 Å². The van der Waals surface area contributed by atoms with Crippen LogP contribution in [0.5, 0.6) is 0 Å². The van der Waals surface area contributed by atoms with Crippen molar-refractivity contribution in [2.45, 2.75) is 13.8 Å². The molecule has 0 amide bonds. The first-order valence-electron chi connectivity index (χ1n) is 4.04. The highest BCUT2D eigenvalue weighted by Crippen LogP contribution is 2.16. The summed E-state index contributed by atoms with van der Waals surface area (Å²) in [7, 11) is 0. The van der Waals surface area contributed by atoms with E-state index in [2.05, 4.69) is 18.7 Å². The molecule has 0 radical (unpaired) electrons. The molecule has 0 aliphatic carbocycles. The second kappa shape index (κ2) is 3.22. The van der Waals surface area contributed by atoms with Crippen LogP contribution in [0, 0.1) is 11.8 Å². The van der Waals surface area contributed by atoms with E-state index >= 15 is 0 Å². The third-order valence-electron chi connectivity index (χ3n) is 1.93. The van der Waals surface area contributed by atoms with Crippen molar-refractivity contribution in [1.82, 2.24) is 4.90 Å². The fraction of sp³-hybridized carbons (Fsp3) is 0.875. The summed E-state index contributed by atoms with van der Waals surface area (Å²) >= 11 is 0. The van der Waals surface area contributed by atoms with E-state index in [1.54, 1.807) is 0 Å². The van der Waals surface area contributed by atoms with Crippen LogP contribution >= 0.6 is 0 Å². The standard InChI is InChI=1S/C8H15NO2/c1-6(2)3-9-4-7(5-9)8(10)11/h6-7H,3-5H2,1-2H3,(H,10,11). The van der Waals surface area contributed by atoms with E-state index in [1.807, 2.05) is 0 Å². The summed E-state index contributed by atoms with van der Waals surface area (Å²) in [6.45, 7) is 6.81. The van der Waals surface area contributed by atoms with Crippen LogP contribution in [0.25, 0.3) is 0 Å². The van der Waals surface area contributed by atoms with Crippen LogP contribution in [0.4, 0.5) is 0 Å². The first-order valence-corrected chi connectivity index (χ1v) is 4.04. The summed E-state index contributed by atoms with van der Waals surface area (Å²) in [6.07, 6.45) is 0. The lowest BCUT2D eigenvalue weighted by atomic mass is 9.99. The van der Waals surface area contributed by atoms with Gasteiger partial charge in [-0.1, -0.05) is 13.8 Å². The second-order valence-electron chi connectivity index (χ2n) is 3.65. The minimum Gasteiger partial charge on any atom is -0.481 e. The maximum absolute atomic E-state index is 10.4. The van der Waals surface area contributed by atoms with Gasteiger partial charge >= 0.3 is 5.97 Å². The average Bonchev–Trinajstić information content (AvgIpc) is 1.75. The van der Waals surface area contributed by atoms with Gasteiger partial charge in [0, 0.05) is 19.6 Å². The van der Waals surface area contributed by atoms with E-state index in [0.717, 1.165) is 19.6 Å². The number of carboxylic acid groups (broad SMARTS) is 1. The van der Waals surface area contributed by atoms with Crippen molar-refractivity contribution >= 4 is 5.97 Å². The number of hydrogen-bond donors (Lipinski definition) is 1. The Balaban J connectivity index is 2.14. The number of aliphatic carboxylic acids is 1. The lowest BCUT2D eigenvalue weighted by Gasteiger charge is -2.37. The Morgan fingerprint density at radius 2 is 2.18 bits per heavy atom. The topological polar surface area (TPSA) is 40.5 Å². The zero-order valence-electron chi connectivity index (χ0n) is 7.08. The van der Waals surface area contributed by atoms with Gasteiger partial charge in [0.05, 0.1) is 5.92 Å². The molecule has 0 aromatic heterocycles. The minimum atomic E-state index is -0.648. The number of nitrogens with zero attached hydrogens (tertiary/aromatic N) is 1. The van der Waals surface area contributed by atoms with Crippen molar-refractivity contribution in [2.75, 3.05) is 19.6 Å². The summed E-state index contributed by atoms with van der Waals surface area (Å²) < 4.78 is 0. The van der Waals surface area contributed by atoms with E-state index in [1.165, 1.54) is 0 Å². The van der Waals surface area contributed by atoms with Crippen molar-refractivity contribution in [3.63, 3.8) is 0 Å². The first kappa shape index (κ1) is 8.53. The van der Waals surface area contributed by atoms with Gasteiger partial charge in [-0.25, -0.2) is 0 Å². The number of rotatable bonds is 3. The third-order valence-corrected chi connectivity index (χ3v) is 1.93. The van der Waals surface area contributed by atoms with Gasteiger partial charge in [0.2, 0.25) is 0 Å². The van der Waals surface area contributed by atoms with Crippen molar-refractivity contribution in [2.24, 2.45) is 11.8 Å². The summed E-state index contributed by atoms with van der Waals surface area (Å²) in [5.41, 5.74) is 0. The molecule has 1 saturated heterocycles. The Morgan fingerprint density at radius 3 is 2.55 bits per heavy atom. The molecule has 11 heavy (non-hydrogen) atoms. The molecule has 0 atom stereocenters. The lowest BCUT2D eigenvalue weighted by Crippen LogP contribution is -2.51. The van der Waals surface area contributed by atoms with Gasteiger partial charge < -0.3 is 10.0 Å². The molecular weight excluding hydrogens is 142 g/mol. The van der Waals surface area contributed by atoms with Crippen molar-refractivity contribution in [3.8, 4) is 0 Å². The Kier molecular flexibility index (Phi) is 2.49. The van der Waals surface area contributed by atoms with Crippen molar-refractivity contribution in [1.29, 1.82) is 0 Å². The highest BCUT2D eigenvalue weighted by Gasteiger charge is 2.32. The zero-order valence-corrected chi connectivity index (χ0v) is 7.08. The molecule has 1 fully saturated rings. The van der Waals surface area contributed by atoms with Crippen LogP contribution in [0.3, 0.4) is 0 Å². The molecule has 0 saturated carbocycles. The fourth-order valence-corrected chi connectivity index (χ4v) is 1.39. The van der Waals surface area contributed by atoms with Crippen LogP contribution in [-0.2, 0) is 4.79 Å². The van der Waals surface area contributed by atoms with Crippen molar-refractivity contribution in [3.05, 3.63) is 0 Å². The molecule has 0 aromatic carbocycles. The van der Waals surface area contributed by atoms with Gasteiger partial charge in [-0.15, -0.1) is 0 Å². The van der Waals surface area contributed by atoms with Gasteiger partial charge in [0.25, 0.3) is 0 Å². The predicted molar refractivity (Wildman–Crippen MR) is 42.4 cm³/mol. The first-order chi connectivity index (χ1) is 5.09. The normalized spacial score (nSPS) is 20.3. The monoisotopic (exact) mass is 157 g/mol. The SMILES string of the molecule is CC(C)CN1CC(C(=O)O)C1. The Labute approximate surface area is 67.0 Å². The summed E-state index contributed by atoms with van der Waals surface area (Å²) in [6, 6.07) is 0. The van der Waals surface area contributed by atoms with E-state index in [9.17, 15) is 4.79 Å². The third kappa shape index (κ3) is 2.19. The number of carbonyl (C=O) groups is 1. The summed E-state index contributed by atoms with van der Waals surface area (Å²) in [4.78, 5) is 12.6. The van der Waals surface area contributed by atoms with Crippen LogP contribution < -0.4 is 0 Å². The number of hydrogen-bond acceptors (Lipinski definition) is 2. The van der Waals surface area contributed by atoms with Crippen LogP contribution in [0.2, 0.25) is 0 Å². The van der Waals surface area contributed by atoms with Crippen LogP contribution in [-0.4, -0.2) is 35.6 Å². The molecule has 64 valence electrons.